The molecular formula is C10H13N5O. The minimum atomic E-state index is 0.0556. The summed E-state index contributed by atoms with van der Waals surface area (Å²) < 4.78 is 0. The van der Waals surface area contributed by atoms with E-state index in [4.69, 9.17) is 5.73 Å². The van der Waals surface area contributed by atoms with E-state index in [1.165, 1.54) is 10.9 Å². The van der Waals surface area contributed by atoms with E-state index in [9.17, 15) is 5.11 Å². The van der Waals surface area contributed by atoms with Gasteiger partial charge in [0.25, 0.3) is 0 Å². The second-order valence-electron chi connectivity index (χ2n) is 3.80. The second kappa shape index (κ2) is 3.80. The molecule has 84 valence electrons. The van der Waals surface area contributed by atoms with Crippen molar-refractivity contribution in [3.8, 4) is 17.1 Å². The summed E-state index contributed by atoms with van der Waals surface area (Å²) in [6.45, 7) is 3.94. The normalized spacial score (nSPS) is 10.9. The van der Waals surface area contributed by atoms with Crippen LogP contribution in [0.1, 0.15) is 19.9 Å². The van der Waals surface area contributed by atoms with Crippen LogP contribution in [0.15, 0.2) is 18.2 Å². The molecule has 0 radical (unpaired) electrons. The van der Waals surface area contributed by atoms with Crippen molar-refractivity contribution in [2.45, 2.75) is 19.9 Å². The number of nitrogens with zero attached hydrogens (tertiary/aromatic N) is 4. The molecule has 0 saturated heterocycles. The number of anilines is 1. The van der Waals surface area contributed by atoms with Gasteiger partial charge in [0, 0.05) is 5.56 Å². The van der Waals surface area contributed by atoms with Gasteiger partial charge < -0.3 is 10.8 Å². The molecule has 0 fully saturated rings. The molecule has 0 spiro atoms. The zero-order valence-electron chi connectivity index (χ0n) is 9.12. The van der Waals surface area contributed by atoms with E-state index >= 15 is 0 Å². The van der Waals surface area contributed by atoms with Gasteiger partial charge in [0.05, 0.1) is 11.7 Å². The van der Waals surface area contributed by atoms with Crippen molar-refractivity contribution >= 4 is 5.69 Å². The summed E-state index contributed by atoms with van der Waals surface area (Å²) >= 11 is 0. The van der Waals surface area contributed by atoms with Gasteiger partial charge in [0.2, 0.25) is 5.82 Å². The number of phenols is 1. The third-order valence-corrected chi connectivity index (χ3v) is 2.18. The Morgan fingerprint density at radius 1 is 1.38 bits per heavy atom. The van der Waals surface area contributed by atoms with Crippen LogP contribution in [-0.2, 0) is 0 Å². The first-order valence-electron chi connectivity index (χ1n) is 4.96. The second-order valence-corrected chi connectivity index (χ2v) is 3.80. The molecule has 0 amide bonds. The molecule has 0 aliphatic rings. The first-order valence-corrected chi connectivity index (χ1v) is 4.96. The fourth-order valence-corrected chi connectivity index (χ4v) is 1.25. The van der Waals surface area contributed by atoms with E-state index in [-0.39, 0.29) is 11.8 Å². The Bertz CT molecular complexity index is 506. The largest absolute Gasteiger partial charge is 0.506 e. The zero-order valence-corrected chi connectivity index (χ0v) is 9.12. The number of rotatable bonds is 2. The van der Waals surface area contributed by atoms with E-state index in [0.29, 0.717) is 11.5 Å². The third-order valence-electron chi connectivity index (χ3n) is 2.18. The lowest BCUT2D eigenvalue weighted by Crippen LogP contribution is -2.04. The summed E-state index contributed by atoms with van der Waals surface area (Å²) in [7, 11) is 0. The molecule has 6 heteroatoms. The minimum Gasteiger partial charge on any atom is -0.506 e. The SMILES string of the molecule is CC(C)n1nnc(-c2ccc(O)c(N)c2)n1. The van der Waals surface area contributed by atoms with Crippen LogP contribution in [0.5, 0.6) is 5.75 Å². The Labute approximate surface area is 92.7 Å². The van der Waals surface area contributed by atoms with Crippen molar-refractivity contribution in [3.63, 3.8) is 0 Å². The molecule has 6 nitrogen and oxygen atoms in total. The van der Waals surface area contributed by atoms with Crippen LogP contribution < -0.4 is 5.73 Å². The summed E-state index contributed by atoms with van der Waals surface area (Å²) in [5.41, 5.74) is 6.63. The average molecular weight is 219 g/mol. The summed E-state index contributed by atoms with van der Waals surface area (Å²) in [6, 6.07) is 5.00. The lowest BCUT2D eigenvalue weighted by molar-refractivity contribution is 0.455. The fraction of sp³-hybridized carbons (Fsp3) is 0.300. The van der Waals surface area contributed by atoms with Gasteiger partial charge in [-0.05, 0) is 37.3 Å². The third kappa shape index (κ3) is 1.81. The highest BCUT2D eigenvalue weighted by Gasteiger charge is 2.09. The molecule has 3 N–H and O–H groups in total. The van der Waals surface area contributed by atoms with Crippen molar-refractivity contribution in [3.05, 3.63) is 18.2 Å². The van der Waals surface area contributed by atoms with Gasteiger partial charge in [0.15, 0.2) is 0 Å². The molecule has 0 saturated carbocycles. The van der Waals surface area contributed by atoms with Gasteiger partial charge in [0.1, 0.15) is 5.75 Å². The van der Waals surface area contributed by atoms with E-state index in [1.54, 1.807) is 12.1 Å². The van der Waals surface area contributed by atoms with Gasteiger partial charge in [-0.1, -0.05) is 0 Å². The van der Waals surface area contributed by atoms with Crippen LogP contribution in [0, 0.1) is 0 Å². The summed E-state index contributed by atoms with van der Waals surface area (Å²) in [5.74, 6) is 0.556. The maximum absolute atomic E-state index is 9.30. The van der Waals surface area contributed by atoms with Crippen molar-refractivity contribution in [2.24, 2.45) is 0 Å². The molecule has 0 atom stereocenters. The van der Waals surface area contributed by atoms with E-state index in [0.717, 1.165) is 5.56 Å². The Kier molecular flexibility index (Phi) is 2.47. The number of nitrogens with two attached hydrogens (primary N) is 1. The first-order chi connectivity index (χ1) is 7.58. The van der Waals surface area contributed by atoms with Gasteiger partial charge >= 0.3 is 0 Å². The van der Waals surface area contributed by atoms with Crippen molar-refractivity contribution in [2.75, 3.05) is 5.73 Å². The lowest BCUT2D eigenvalue weighted by Gasteiger charge is -2.01. The van der Waals surface area contributed by atoms with Crippen LogP contribution in [0.3, 0.4) is 0 Å². The van der Waals surface area contributed by atoms with Crippen LogP contribution in [0.2, 0.25) is 0 Å². The van der Waals surface area contributed by atoms with Crippen molar-refractivity contribution in [1.29, 1.82) is 0 Å². The Balaban J connectivity index is 2.39. The highest BCUT2D eigenvalue weighted by atomic mass is 16.3. The maximum Gasteiger partial charge on any atom is 0.205 e. The fourth-order valence-electron chi connectivity index (χ4n) is 1.25. The van der Waals surface area contributed by atoms with E-state index in [2.05, 4.69) is 15.4 Å². The van der Waals surface area contributed by atoms with Gasteiger partial charge in [-0.15, -0.1) is 10.2 Å². The Hall–Kier alpha value is -2.11. The monoisotopic (exact) mass is 219 g/mol. The molecule has 0 aliphatic heterocycles. The number of hydrogen-bond donors (Lipinski definition) is 2. The number of nitrogen functional groups attached to an aromatic ring is 1. The van der Waals surface area contributed by atoms with Gasteiger partial charge in [-0.3, -0.25) is 0 Å². The number of hydrogen-bond acceptors (Lipinski definition) is 5. The molecule has 2 aromatic rings. The Morgan fingerprint density at radius 2 is 2.12 bits per heavy atom. The van der Waals surface area contributed by atoms with Gasteiger partial charge in [-0.25, -0.2) is 0 Å². The predicted octanol–water partition coefficient (Wildman–Crippen LogP) is 1.21. The van der Waals surface area contributed by atoms with Crippen LogP contribution >= 0.6 is 0 Å². The average Bonchev–Trinajstić information content (AvgIpc) is 2.71. The first kappa shape index (κ1) is 10.4. The van der Waals surface area contributed by atoms with Crippen LogP contribution in [-0.4, -0.2) is 25.3 Å². The topological polar surface area (TPSA) is 89.8 Å². The molecule has 1 aromatic carbocycles. The Morgan fingerprint density at radius 3 is 2.69 bits per heavy atom. The smallest absolute Gasteiger partial charge is 0.205 e. The van der Waals surface area contributed by atoms with E-state index in [1.807, 2.05) is 13.8 Å². The highest BCUT2D eigenvalue weighted by molar-refractivity contribution is 5.65. The number of benzene rings is 1. The highest BCUT2D eigenvalue weighted by Crippen LogP contribution is 2.25. The zero-order chi connectivity index (χ0) is 11.7. The predicted molar refractivity (Wildman–Crippen MR) is 59.7 cm³/mol. The van der Waals surface area contributed by atoms with Crippen LogP contribution in [0.4, 0.5) is 5.69 Å². The number of aromatic hydroxyl groups is 1. The molecule has 0 aliphatic carbocycles. The summed E-state index contributed by atoms with van der Waals surface area (Å²) in [5, 5.41) is 21.3. The molecule has 1 heterocycles. The molecule has 0 bridgehead atoms. The van der Waals surface area contributed by atoms with E-state index < -0.39 is 0 Å². The quantitative estimate of drug-likeness (QED) is 0.585. The molecular weight excluding hydrogens is 206 g/mol. The van der Waals surface area contributed by atoms with Gasteiger partial charge in [-0.2, -0.15) is 4.80 Å². The number of aromatic nitrogens is 4. The maximum atomic E-state index is 9.30. The molecule has 16 heavy (non-hydrogen) atoms. The summed E-state index contributed by atoms with van der Waals surface area (Å²) in [4.78, 5) is 1.53. The van der Waals surface area contributed by atoms with Crippen LogP contribution in [0.25, 0.3) is 11.4 Å². The number of tetrazole rings is 1. The number of phenolic OH excluding ortho intramolecular Hbond substituents is 1. The molecule has 1 aromatic heterocycles. The van der Waals surface area contributed by atoms with Crippen molar-refractivity contribution in [1.82, 2.24) is 20.2 Å². The standard InChI is InChI=1S/C10H13N5O/c1-6(2)15-13-10(12-14-15)7-3-4-9(16)8(11)5-7/h3-6,16H,11H2,1-2H3. The van der Waals surface area contributed by atoms with Crippen molar-refractivity contribution < 1.29 is 5.11 Å². The molecule has 2 rings (SSSR count). The summed E-state index contributed by atoms with van der Waals surface area (Å²) in [6.07, 6.45) is 0. The minimum absolute atomic E-state index is 0.0556. The lowest BCUT2D eigenvalue weighted by atomic mass is 10.2. The molecule has 0 unspecified atom stereocenters.